The van der Waals surface area contributed by atoms with Crippen LogP contribution in [0.2, 0.25) is 0 Å². The van der Waals surface area contributed by atoms with Crippen LogP contribution in [0.3, 0.4) is 0 Å². The van der Waals surface area contributed by atoms with E-state index in [0.29, 0.717) is 0 Å². The smallest absolute Gasteiger partial charge is 0.272 e. The summed E-state index contributed by atoms with van der Waals surface area (Å²) in [7, 11) is 0. The van der Waals surface area contributed by atoms with Crippen LogP contribution in [0.1, 0.15) is 23.0 Å². The van der Waals surface area contributed by atoms with Crippen LogP contribution >= 0.6 is 31.9 Å². The van der Waals surface area contributed by atoms with Gasteiger partial charge in [-0.05, 0) is 67.3 Å². The molecule has 0 radical (unpaired) electrons. The Hall–Kier alpha value is -2.31. The summed E-state index contributed by atoms with van der Waals surface area (Å²) in [5.74, 6) is -4.08. The van der Waals surface area contributed by atoms with Gasteiger partial charge in [-0.15, -0.1) is 0 Å². The van der Waals surface area contributed by atoms with E-state index in [-0.39, 0.29) is 20.1 Å². The summed E-state index contributed by atoms with van der Waals surface area (Å²) in [6.07, 6.45) is 1.86. The van der Waals surface area contributed by atoms with Crippen molar-refractivity contribution in [1.82, 2.24) is 0 Å². The van der Waals surface area contributed by atoms with Gasteiger partial charge in [0.25, 0.3) is 12.4 Å². The monoisotopic (exact) mass is 482 g/mol. The van der Waals surface area contributed by atoms with Crippen LogP contribution in [0.5, 0.6) is 0 Å². The lowest BCUT2D eigenvalue weighted by atomic mass is 9.85. The predicted molar refractivity (Wildman–Crippen MR) is 98.1 cm³/mol. The summed E-state index contributed by atoms with van der Waals surface area (Å²) >= 11 is 6.03. The second-order valence-corrected chi connectivity index (χ2v) is 6.94. The highest BCUT2D eigenvalue weighted by atomic mass is 79.9. The summed E-state index contributed by atoms with van der Waals surface area (Å²) in [5.41, 5.74) is 18.2. The molecule has 2 unspecified atom stereocenters. The van der Waals surface area contributed by atoms with Gasteiger partial charge in [-0.1, -0.05) is 12.1 Å². The van der Waals surface area contributed by atoms with Crippen molar-refractivity contribution in [2.45, 2.75) is 11.8 Å². The van der Waals surface area contributed by atoms with Crippen LogP contribution in [0.4, 0.5) is 8.78 Å². The van der Waals surface area contributed by atoms with E-state index in [9.17, 15) is 13.6 Å². The summed E-state index contributed by atoms with van der Waals surface area (Å²) in [5, 5.41) is 0. The average molecular weight is 484 g/mol. The minimum absolute atomic E-state index is 0.205. The average Bonchev–Trinajstić information content (AvgIpc) is 2.62. The third-order valence-corrected chi connectivity index (χ3v) is 4.94. The minimum atomic E-state index is -1.14. The van der Waals surface area contributed by atoms with E-state index in [1.54, 1.807) is 0 Å². The number of rotatable bonds is 6. The Labute approximate surface area is 164 Å². The summed E-state index contributed by atoms with van der Waals surface area (Å²) in [6, 6.07) is 8.00. The van der Waals surface area contributed by atoms with Gasteiger partial charge in [-0.2, -0.15) is 9.58 Å². The number of benzene rings is 2. The lowest BCUT2D eigenvalue weighted by Crippen LogP contribution is -2.24. The highest BCUT2D eigenvalue weighted by Crippen LogP contribution is 2.28. The lowest BCUT2D eigenvalue weighted by molar-refractivity contribution is -0.120. The largest absolute Gasteiger partial charge is 0.362 e. The molecule has 0 aliphatic carbocycles. The first-order valence-electron chi connectivity index (χ1n) is 7.17. The number of hydrogen-bond acceptors (Lipinski definition) is 1. The zero-order valence-corrected chi connectivity index (χ0v) is 16.2. The number of ketones is 1. The van der Waals surface area contributed by atoms with Crippen molar-refractivity contribution in [3.05, 3.63) is 79.2 Å². The fourth-order valence-corrected chi connectivity index (χ4v) is 2.88. The zero-order valence-electron chi connectivity index (χ0n) is 13.0. The standard InChI is InChI=1S/C17H10Br2F2N4O/c18-13-3-1-9(5-15(13)20)11(7-24-22)17(26)12(8-25-23)10-2-4-14(19)16(21)6-10/h1-8,11-12H. The van der Waals surface area contributed by atoms with Crippen LogP contribution in [-0.4, -0.2) is 27.8 Å². The van der Waals surface area contributed by atoms with Gasteiger partial charge in [0.05, 0.1) is 8.95 Å². The maximum absolute atomic E-state index is 13.8. The molecular weight excluding hydrogens is 474 g/mol. The van der Waals surface area contributed by atoms with Gasteiger partial charge in [-0.3, -0.25) is 4.79 Å². The molecule has 0 aliphatic heterocycles. The molecule has 2 rings (SSSR count). The fraction of sp³-hybridized carbons (Fsp3) is 0.118. The van der Waals surface area contributed by atoms with E-state index in [0.717, 1.165) is 24.6 Å². The molecule has 0 saturated heterocycles. The van der Waals surface area contributed by atoms with Crippen molar-refractivity contribution in [3.8, 4) is 0 Å². The Bertz CT molecular complexity index is 878. The number of carbonyl (C=O) groups excluding carboxylic acids is 1. The number of Topliss-reactive ketones (excluding diaryl/α,β-unsaturated/α-hetero) is 1. The zero-order chi connectivity index (χ0) is 19.3. The molecule has 0 N–H and O–H groups in total. The van der Waals surface area contributed by atoms with Gasteiger partial charge >= 0.3 is 0 Å². The quantitative estimate of drug-likeness (QED) is 0.337. The van der Waals surface area contributed by atoms with Crippen LogP contribution in [0.25, 0.3) is 11.1 Å². The third-order valence-electron chi connectivity index (χ3n) is 3.65. The SMILES string of the molecule is [N-]=[N+]=CC(C(=O)C(C=[N+]=[N-])c1ccc(Br)c(F)c1)c1ccc(Br)c(F)c1. The van der Waals surface area contributed by atoms with E-state index in [1.165, 1.54) is 24.3 Å². The van der Waals surface area contributed by atoms with Crippen molar-refractivity contribution in [1.29, 1.82) is 0 Å². The number of carbonyl (C=O) groups is 1. The van der Waals surface area contributed by atoms with Crippen molar-refractivity contribution in [3.63, 3.8) is 0 Å². The van der Waals surface area contributed by atoms with Crippen molar-refractivity contribution in [2.75, 3.05) is 0 Å². The first kappa shape index (κ1) is 20.0. The number of halogens is 4. The van der Waals surface area contributed by atoms with Crippen LogP contribution in [0, 0.1) is 11.6 Å². The maximum Gasteiger partial charge on any atom is 0.272 e. The number of hydrogen-bond donors (Lipinski definition) is 0. The lowest BCUT2D eigenvalue weighted by Gasteiger charge is -2.13. The Morgan fingerprint density at radius 2 is 1.27 bits per heavy atom. The van der Waals surface area contributed by atoms with Crippen molar-refractivity contribution >= 4 is 50.1 Å². The van der Waals surface area contributed by atoms with Crippen molar-refractivity contribution in [2.24, 2.45) is 0 Å². The molecule has 0 aliphatic rings. The molecule has 0 heterocycles. The van der Waals surface area contributed by atoms with Crippen LogP contribution in [-0.2, 0) is 4.79 Å². The van der Waals surface area contributed by atoms with E-state index in [4.69, 9.17) is 11.1 Å². The summed E-state index contributed by atoms with van der Waals surface area (Å²) < 4.78 is 28.1. The van der Waals surface area contributed by atoms with E-state index < -0.39 is 29.3 Å². The van der Waals surface area contributed by atoms with Gasteiger partial charge in [0.1, 0.15) is 23.5 Å². The molecule has 26 heavy (non-hydrogen) atoms. The van der Waals surface area contributed by atoms with Crippen LogP contribution in [0.15, 0.2) is 45.3 Å². The Balaban J connectivity index is 2.52. The van der Waals surface area contributed by atoms with Crippen LogP contribution < -0.4 is 0 Å². The fourth-order valence-electron chi connectivity index (χ4n) is 2.39. The first-order valence-corrected chi connectivity index (χ1v) is 8.76. The molecule has 5 nitrogen and oxygen atoms in total. The minimum Gasteiger partial charge on any atom is -0.362 e. The molecule has 0 aromatic heterocycles. The molecule has 0 spiro atoms. The molecule has 0 fully saturated rings. The molecule has 2 aromatic rings. The Morgan fingerprint density at radius 3 is 1.58 bits per heavy atom. The maximum atomic E-state index is 13.8. The first-order chi connectivity index (χ1) is 12.4. The molecule has 2 aromatic carbocycles. The summed E-state index contributed by atoms with van der Waals surface area (Å²) in [4.78, 5) is 18.7. The van der Waals surface area contributed by atoms with Gasteiger partial charge in [0.15, 0.2) is 5.78 Å². The highest BCUT2D eigenvalue weighted by molar-refractivity contribution is 9.10. The van der Waals surface area contributed by atoms with Gasteiger partial charge in [0.2, 0.25) is 0 Å². The molecule has 132 valence electrons. The normalized spacial score (nSPS) is 12.5. The second kappa shape index (κ2) is 8.87. The van der Waals surface area contributed by atoms with Gasteiger partial charge < -0.3 is 11.1 Å². The molecule has 0 bridgehead atoms. The van der Waals surface area contributed by atoms with Gasteiger partial charge in [0, 0.05) is 0 Å². The molecular formula is C17H10Br2F2N4O. The third kappa shape index (κ3) is 4.45. The molecule has 0 amide bonds. The molecule has 2 atom stereocenters. The van der Waals surface area contributed by atoms with E-state index in [2.05, 4.69) is 41.4 Å². The topological polar surface area (TPSA) is 89.9 Å². The van der Waals surface area contributed by atoms with E-state index in [1.807, 2.05) is 0 Å². The van der Waals surface area contributed by atoms with E-state index >= 15 is 0 Å². The van der Waals surface area contributed by atoms with Gasteiger partial charge in [-0.25, -0.2) is 8.78 Å². The highest BCUT2D eigenvalue weighted by Gasteiger charge is 2.33. The van der Waals surface area contributed by atoms with Crippen molar-refractivity contribution < 1.29 is 23.2 Å². The Morgan fingerprint density at radius 1 is 0.885 bits per heavy atom. The molecule has 0 saturated carbocycles. The Kier molecular flexibility index (Phi) is 6.83. The summed E-state index contributed by atoms with van der Waals surface area (Å²) in [6.45, 7) is 0. The second-order valence-electron chi connectivity index (χ2n) is 5.23. The molecule has 9 heteroatoms. The predicted octanol–water partition coefficient (Wildman–Crippen LogP) is 4.53. The number of nitrogens with zero attached hydrogens (tertiary/aromatic N) is 4.